The first-order valence-electron chi connectivity index (χ1n) is 8.89. The Balaban J connectivity index is 1.61. The van der Waals surface area contributed by atoms with E-state index in [1.165, 1.54) is 6.07 Å². The number of rotatable bonds is 8. The first kappa shape index (κ1) is 18.4. The summed E-state index contributed by atoms with van der Waals surface area (Å²) in [6.07, 6.45) is 3.33. The van der Waals surface area contributed by atoms with Gasteiger partial charge in [-0.05, 0) is 29.7 Å². The molecule has 0 atom stereocenters. The average Bonchev–Trinajstić information content (AvgIpc) is 2.67. The lowest BCUT2D eigenvalue weighted by molar-refractivity contribution is 0.306. The van der Waals surface area contributed by atoms with Gasteiger partial charge in [0.1, 0.15) is 12.4 Å². The Labute approximate surface area is 157 Å². The minimum absolute atomic E-state index is 0.192. The minimum atomic E-state index is -0.192. The first-order chi connectivity index (χ1) is 13.2. The highest BCUT2D eigenvalue weighted by Gasteiger charge is 2.00. The van der Waals surface area contributed by atoms with Crippen molar-refractivity contribution >= 4 is 12.2 Å². The smallest absolute Gasteiger partial charge is 0.252 e. The molecule has 2 N–H and O–H groups in total. The molecule has 0 aliphatic rings. The molecule has 3 rings (SSSR count). The number of H-pyrrole nitrogens is 1. The highest BCUT2D eigenvalue weighted by atomic mass is 16.5. The van der Waals surface area contributed by atoms with Gasteiger partial charge in [-0.15, -0.1) is 0 Å². The highest BCUT2D eigenvalue weighted by molar-refractivity contribution is 5.80. The van der Waals surface area contributed by atoms with Crippen LogP contribution in [-0.4, -0.2) is 16.2 Å². The van der Waals surface area contributed by atoms with Gasteiger partial charge in [0.25, 0.3) is 5.56 Å². The predicted octanol–water partition coefficient (Wildman–Crippen LogP) is 3.75. The number of anilines is 1. The van der Waals surface area contributed by atoms with Crippen molar-refractivity contribution in [2.24, 2.45) is 5.10 Å². The van der Waals surface area contributed by atoms with Crippen molar-refractivity contribution in [1.82, 2.24) is 9.97 Å². The van der Waals surface area contributed by atoms with E-state index in [1.54, 1.807) is 6.21 Å². The van der Waals surface area contributed by atoms with Crippen LogP contribution in [0.25, 0.3) is 0 Å². The van der Waals surface area contributed by atoms with Crippen LogP contribution in [0.2, 0.25) is 0 Å². The number of hydrazone groups is 1. The fourth-order valence-corrected chi connectivity index (χ4v) is 2.54. The summed E-state index contributed by atoms with van der Waals surface area (Å²) in [5, 5.41) is 4.15. The first-order valence-corrected chi connectivity index (χ1v) is 8.89. The van der Waals surface area contributed by atoms with Crippen molar-refractivity contribution in [3.05, 3.63) is 87.8 Å². The van der Waals surface area contributed by atoms with Crippen molar-refractivity contribution in [2.45, 2.75) is 26.4 Å². The summed E-state index contributed by atoms with van der Waals surface area (Å²) >= 11 is 0. The molecule has 0 saturated heterocycles. The molecule has 6 nitrogen and oxygen atoms in total. The molecular weight excluding hydrogens is 340 g/mol. The van der Waals surface area contributed by atoms with Gasteiger partial charge in [-0.1, -0.05) is 55.8 Å². The van der Waals surface area contributed by atoms with E-state index in [9.17, 15) is 4.79 Å². The highest BCUT2D eigenvalue weighted by Crippen LogP contribution is 2.14. The second kappa shape index (κ2) is 9.33. The zero-order valence-electron chi connectivity index (χ0n) is 15.2. The molecule has 0 aliphatic carbocycles. The molecule has 138 valence electrons. The zero-order chi connectivity index (χ0) is 18.9. The second-order valence-electron chi connectivity index (χ2n) is 6.05. The van der Waals surface area contributed by atoms with Crippen molar-refractivity contribution in [3.63, 3.8) is 0 Å². The lowest BCUT2D eigenvalue weighted by atomic mass is 10.2. The fourth-order valence-electron chi connectivity index (χ4n) is 2.54. The standard InChI is InChI=1S/C21H22N4O2/c1-2-7-18-13-20(26)24-21(23-18)25-22-14-17-10-6-11-19(12-17)27-15-16-8-4-3-5-9-16/h3-6,8-14H,2,7,15H2,1H3,(H2,23,24,25,26)/b22-14+. The molecule has 0 aliphatic heterocycles. The maximum Gasteiger partial charge on any atom is 0.252 e. The van der Waals surface area contributed by atoms with Crippen LogP contribution < -0.4 is 15.7 Å². The molecule has 0 spiro atoms. The van der Waals surface area contributed by atoms with E-state index in [2.05, 4.69) is 20.5 Å². The van der Waals surface area contributed by atoms with E-state index in [0.717, 1.165) is 35.4 Å². The maximum absolute atomic E-state index is 11.6. The summed E-state index contributed by atoms with van der Waals surface area (Å²) in [6.45, 7) is 2.55. The predicted molar refractivity (Wildman–Crippen MR) is 107 cm³/mol. The Hall–Kier alpha value is -3.41. The third kappa shape index (κ3) is 5.81. The largest absolute Gasteiger partial charge is 0.489 e. The van der Waals surface area contributed by atoms with Gasteiger partial charge in [0.05, 0.1) is 6.21 Å². The number of ether oxygens (including phenoxy) is 1. The van der Waals surface area contributed by atoms with Gasteiger partial charge in [0.2, 0.25) is 5.95 Å². The molecular formula is C21H22N4O2. The van der Waals surface area contributed by atoms with Crippen LogP contribution in [0.15, 0.2) is 70.6 Å². The summed E-state index contributed by atoms with van der Waals surface area (Å²) in [6, 6.07) is 19.1. The van der Waals surface area contributed by atoms with Gasteiger partial charge in [-0.3, -0.25) is 9.78 Å². The number of nitrogens with one attached hydrogen (secondary N) is 2. The number of aryl methyl sites for hydroxylation is 1. The van der Waals surface area contributed by atoms with Gasteiger partial charge in [0, 0.05) is 11.8 Å². The van der Waals surface area contributed by atoms with Crippen LogP contribution in [-0.2, 0) is 13.0 Å². The van der Waals surface area contributed by atoms with E-state index in [4.69, 9.17) is 4.74 Å². The number of benzene rings is 2. The van der Waals surface area contributed by atoms with Crippen molar-refractivity contribution < 1.29 is 4.74 Å². The van der Waals surface area contributed by atoms with E-state index in [0.29, 0.717) is 12.6 Å². The van der Waals surface area contributed by atoms with E-state index >= 15 is 0 Å². The molecule has 1 aromatic heterocycles. The second-order valence-corrected chi connectivity index (χ2v) is 6.05. The third-order valence-corrected chi connectivity index (χ3v) is 3.79. The third-order valence-electron chi connectivity index (χ3n) is 3.79. The summed E-state index contributed by atoms with van der Waals surface area (Å²) in [5.41, 5.74) is 5.31. The molecule has 6 heteroatoms. The summed E-state index contributed by atoms with van der Waals surface area (Å²) in [5.74, 6) is 1.10. The van der Waals surface area contributed by atoms with E-state index < -0.39 is 0 Å². The zero-order valence-corrected chi connectivity index (χ0v) is 15.2. The van der Waals surface area contributed by atoms with Crippen LogP contribution in [0.1, 0.15) is 30.2 Å². The van der Waals surface area contributed by atoms with E-state index in [-0.39, 0.29) is 5.56 Å². The number of nitrogens with zero attached hydrogens (tertiary/aromatic N) is 2. The molecule has 1 heterocycles. The van der Waals surface area contributed by atoms with Crippen molar-refractivity contribution in [1.29, 1.82) is 0 Å². The van der Waals surface area contributed by atoms with Gasteiger partial charge in [0.15, 0.2) is 0 Å². The molecule has 0 saturated carbocycles. The summed E-state index contributed by atoms with van der Waals surface area (Å²) < 4.78 is 5.81. The number of hydrogen-bond donors (Lipinski definition) is 2. The van der Waals surface area contributed by atoms with Gasteiger partial charge < -0.3 is 4.74 Å². The lowest BCUT2D eigenvalue weighted by Gasteiger charge is -2.07. The number of aromatic amines is 1. The number of hydrogen-bond acceptors (Lipinski definition) is 5. The van der Waals surface area contributed by atoms with Crippen LogP contribution in [0.5, 0.6) is 5.75 Å². The SMILES string of the molecule is CCCc1cc(=O)[nH]c(N/N=C/c2cccc(OCc3ccccc3)c2)n1. The van der Waals surface area contributed by atoms with E-state index in [1.807, 2.05) is 61.5 Å². The molecule has 0 bridgehead atoms. The molecule has 3 aromatic rings. The Morgan fingerprint density at radius 2 is 2.00 bits per heavy atom. The molecule has 0 fully saturated rings. The molecule has 0 unspecified atom stereocenters. The average molecular weight is 362 g/mol. The molecule has 0 amide bonds. The maximum atomic E-state index is 11.6. The van der Waals surface area contributed by atoms with Crippen molar-refractivity contribution in [2.75, 3.05) is 5.43 Å². The summed E-state index contributed by atoms with van der Waals surface area (Å²) in [7, 11) is 0. The minimum Gasteiger partial charge on any atom is -0.489 e. The van der Waals surface area contributed by atoms with Crippen LogP contribution in [0.3, 0.4) is 0 Å². The topological polar surface area (TPSA) is 79.4 Å². The monoisotopic (exact) mass is 362 g/mol. The quantitative estimate of drug-likeness (QED) is 0.472. The normalized spacial score (nSPS) is 10.9. The Morgan fingerprint density at radius 1 is 1.15 bits per heavy atom. The fraction of sp³-hybridized carbons (Fsp3) is 0.190. The van der Waals surface area contributed by atoms with Gasteiger partial charge in [-0.2, -0.15) is 5.10 Å². The van der Waals surface area contributed by atoms with Gasteiger partial charge >= 0.3 is 0 Å². The lowest BCUT2D eigenvalue weighted by Crippen LogP contribution is -2.11. The molecule has 27 heavy (non-hydrogen) atoms. The summed E-state index contributed by atoms with van der Waals surface area (Å²) in [4.78, 5) is 18.6. The number of aromatic nitrogens is 2. The van der Waals surface area contributed by atoms with Crippen molar-refractivity contribution in [3.8, 4) is 5.75 Å². The van der Waals surface area contributed by atoms with Crippen LogP contribution in [0.4, 0.5) is 5.95 Å². The Morgan fingerprint density at radius 3 is 2.81 bits per heavy atom. The Bertz CT molecular complexity index is 952. The Kier molecular flexibility index (Phi) is 6.35. The molecule has 2 aromatic carbocycles. The van der Waals surface area contributed by atoms with Crippen LogP contribution in [0, 0.1) is 0 Å². The van der Waals surface area contributed by atoms with Gasteiger partial charge in [-0.25, -0.2) is 10.4 Å². The van der Waals surface area contributed by atoms with Crippen LogP contribution >= 0.6 is 0 Å². The molecule has 0 radical (unpaired) electrons.